The summed E-state index contributed by atoms with van der Waals surface area (Å²) in [4.78, 5) is 12.1. The zero-order valence-corrected chi connectivity index (χ0v) is 19.1. The van der Waals surface area contributed by atoms with Crippen LogP contribution in [-0.2, 0) is 4.79 Å². The summed E-state index contributed by atoms with van der Waals surface area (Å²) in [5.41, 5.74) is 1.63. The van der Waals surface area contributed by atoms with Crippen molar-refractivity contribution in [3.63, 3.8) is 0 Å². The van der Waals surface area contributed by atoms with Crippen LogP contribution in [0.4, 0.5) is 5.69 Å². The summed E-state index contributed by atoms with van der Waals surface area (Å²) in [6, 6.07) is 24.3. The lowest BCUT2D eigenvalue weighted by Gasteiger charge is -2.10. The molecule has 0 fully saturated rings. The molecule has 7 heteroatoms. The Balaban J connectivity index is 1.38. The second kappa shape index (κ2) is 12.9. The Hall–Kier alpha value is -3.84. The van der Waals surface area contributed by atoms with E-state index >= 15 is 0 Å². The van der Waals surface area contributed by atoms with Gasteiger partial charge in [0.1, 0.15) is 30.5 Å². The van der Waals surface area contributed by atoms with Crippen molar-refractivity contribution >= 4 is 35.0 Å². The number of hydrogen-bond donors (Lipinski definition) is 2. The van der Waals surface area contributed by atoms with E-state index in [4.69, 9.17) is 26.4 Å². The number of carbonyl (C=O) groups excluding carboxylic acids is 1. The normalized spacial score (nSPS) is 10.5. The molecule has 1 amide bonds. The molecule has 0 spiro atoms. The lowest BCUT2D eigenvalue weighted by molar-refractivity contribution is -0.115. The molecular weight excluding hydrogens is 436 g/mol. The molecule has 0 bridgehead atoms. The average molecular weight is 463 g/mol. The number of benzene rings is 3. The SMILES string of the molecule is CCOc1ccc(/C=C/C(=O)NC(=S)Nc2ccc(OCCOc3ccccc3)cc2)cc1. The summed E-state index contributed by atoms with van der Waals surface area (Å²) in [5, 5.41) is 5.81. The molecule has 3 rings (SSSR count). The predicted molar refractivity (Wildman–Crippen MR) is 135 cm³/mol. The molecule has 0 atom stereocenters. The molecule has 0 heterocycles. The molecule has 0 aromatic heterocycles. The van der Waals surface area contributed by atoms with Crippen molar-refractivity contribution in [1.29, 1.82) is 0 Å². The van der Waals surface area contributed by atoms with Crippen molar-refractivity contribution in [2.45, 2.75) is 6.92 Å². The fraction of sp³-hybridized carbons (Fsp3) is 0.154. The Kier molecular flexibility index (Phi) is 9.29. The molecule has 2 N–H and O–H groups in total. The van der Waals surface area contributed by atoms with Gasteiger partial charge in [0.15, 0.2) is 5.11 Å². The van der Waals surface area contributed by atoms with Crippen LogP contribution in [0.2, 0.25) is 0 Å². The number of rotatable bonds is 10. The van der Waals surface area contributed by atoms with Crippen molar-refractivity contribution in [3.05, 3.63) is 90.5 Å². The maximum atomic E-state index is 12.1. The lowest BCUT2D eigenvalue weighted by atomic mass is 10.2. The van der Waals surface area contributed by atoms with Gasteiger partial charge in [0.2, 0.25) is 5.91 Å². The van der Waals surface area contributed by atoms with Crippen molar-refractivity contribution in [1.82, 2.24) is 5.32 Å². The van der Waals surface area contributed by atoms with Crippen LogP contribution in [0.25, 0.3) is 6.08 Å². The summed E-state index contributed by atoms with van der Waals surface area (Å²) in [5.74, 6) is 2.00. The van der Waals surface area contributed by atoms with Crippen LogP contribution in [0.3, 0.4) is 0 Å². The van der Waals surface area contributed by atoms with E-state index in [1.165, 1.54) is 6.08 Å². The molecular formula is C26H26N2O4S. The first kappa shape index (κ1) is 23.8. The Morgan fingerprint density at radius 3 is 2.03 bits per heavy atom. The molecule has 0 radical (unpaired) electrons. The number of hydrogen-bond acceptors (Lipinski definition) is 5. The van der Waals surface area contributed by atoms with E-state index in [0.717, 1.165) is 22.7 Å². The van der Waals surface area contributed by atoms with Crippen LogP contribution in [0.15, 0.2) is 84.9 Å². The maximum Gasteiger partial charge on any atom is 0.250 e. The number of anilines is 1. The van der Waals surface area contributed by atoms with Gasteiger partial charge in [0.25, 0.3) is 0 Å². The van der Waals surface area contributed by atoms with Crippen LogP contribution in [0, 0.1) is 0 Å². The van der Waals surface area contributed by atoms with Crippen molar-refractivity contribution < 1.29 is 19.0 Å². The average Bonchev–Trinajstić information content (AvgIpc) is 2.83. The standard InChI is InChI=1S/C26H26N2O4S/c1-2-30-23-13-8-20(9-14-23)10-17-25(29)28-26(33)27-21-11-15-24(16-12-21)32-19-18-31-22-6-4-3-5-7-22/h3-17H,2,18-19H2,1H3,(H2,27,28,29,33)/b17-10+. The van der Waals surface area contributed by atoms with Crippen LogP contribution >= 0.6 is 12.2 Å². The molecule has 0 aliphatic rings. The van der Waals surface area contributed by atoms with Gasteiger partial charge in [-0.2, -0.15) is 0 Å². The Morgan fingerprint density at radius 1 is 0.818 bits per heavy atom. The molecule has 33 heavy (non-hydrogen) atoms. The highest BCUT2D eigenvalue weighted by molar-refractivity contribution is 7.80. The monoisotopic (exact) mass is 462 g/mol. The van der Waals surface area contributed by atoms with E-state index in [2.05, 4.69) is 10.6 Å². The molecule has 0 aliphatic carbocycles. The summed E-state index contributed by atoms with van der Waals surface area (Å²) in [6.07, 6.45) is 3.14. The Morgan fingerprint density at radius 2 is 1.39 bits per heavy atom. The van der Waals surface area contributed by atoms with Gasteiger partial charge < -0.3 is 19.5 Å². The fourth-order valence-corrected chi connectivity index (χ4v) is 3.02. The third-order valence-electron chi connectivity index (χ3n) is 4.33. The number of thiocarbonyl (C=S) groups is 1. The van der Waals surface area contributed by atoms with Crippen molar-refractivity contribution in [3.8, 4) is 17.2 Å². The molecule has 0 saturated heterocycles. The van der Waals surface area contributed by atoms with E-state index in [9.17, 15) is 4.79 Å². The summed E-state index contributed by atoms with van der Waals surface area (Å²) in [7, 11) is 0. The zero-order chi connectivity index (χ0) is 23.3. The summed E-state index contributed by atoms with van der Waals surface area (Å²) >= 11 is 5.21. The summed E-state index contributed by atoms with van der Waals surface area (Å²) < 4.78 is 16.7. The highest BCUT2D eigenvalue weighted by Gasteiger charge is 2.03. The molecule has 0 unspecified atom stereocenters. The predicted octanol–water partition coefficient (Wildman–Crippen LogP) is 5.07. The maximum absolute atomic E-state index is 12.1. The molecule has 0 aliphatic heterocycles. The van der Waals surface area contributed by atoms with E-state index in [1.807, 2.05) is 85.8 Å². The van der Waals surface area contributed by atoms with Gasteiger partial charge in [-0.05, 0) is 79.3 Å². The highest BCUT2D eigenvalue weighted by Crippen LogP contribution is 2.16. The first-order valence-corrected chi connectivity index (χ1v) is 11.0. The molecule has 170 valence electrons. The molecule has 6 nitrogen and oxygen atoms in total. The lowest BCUT2D eigenvalue weighted by Crippen LogP contribution is -2.32. The molecule has 0 saturated carbocycles. The first-order valence-electron chi connectivity index (χ1n) is 10.6. The van der Waals surface area contributed by atoms with Crippen molar-refractivity contribution in [2.75, 3.05) is 25.1 Å². The van der Waals surface area contributed by atoms with Gasteiger partial charge in [-0.3, -0.25) is 10.1 Å². The number of carbonyl (C=O) groups is 1. The van der Waals surface area contributed by atoms with Crippen LogP contribution in [0.1, 0.15) is 12.5 Å². The van der Waals surface area contributed by atoms with Gasteiger partial charge in [-0.25, -0.2) is 0 Å². The zero-order valence-electron chi connectivity index (χ0n) is 18.3. The first-order chi connectivity index (χ1) is 16.1. The third kappa shape index (κ3) is 8.66. The second-order valence-electron chi connectivity index (χ2n) is 6.81. The van der Waals surface area contributed by atoms with Crippen LogP contribution in [0.5, 0.6) is 17.2 Å². The third-order valence-corrected chi connectivity index (χ3v) is 4.54. The summed E-state index contributed by atoms with van der Waals surface area (Å²) in [6.45, 7) is 3.42. The highest BCUT2D eigenvalue weighted by atomic mass is 32.1. The number of ether oxygens (including phenoxy) is 3. The van der Waals surface area contributed by atoms with E-state index < -0.39 is 0 Å². The van der Waals surface area contributed by atoms with Crippen LogP contribution in [-0.4, -0.2) is 30.8 Å². The number of para-hydroxylation sites is 1. The smallest absolute Gasteiger partial charge is 0.250 e. The van der Waals surface area contributed by atoms with Crippen LogP contribution < -0.4 is 24.8 Å². The quantitative estimate of drug-likeness (QED) is 0.249. The van der Waals surface area contributed by atoms with E-state index in [1.54, 1.807) is 6.08 Å². The van der Waals surface area contributed by atoms with E-state index in [0.29, 0.717) is 25.6 Å². The van der Waals surface area contributed by atoms with Gasteiger partial charge in [-0.1, -0.05) is 30.3 Å². The van der Waals surface area contributed by atoms with Gasteiger partial charge in [0, 0.05) is 11.8 Å². The number of nitrogens with one attached hydrogen (secondary N) is 2. The van der Waals surface area contributed by atoms with Crippen molar-refractivity contribution in [2.24, 2.45) is 0 Å². The van der Waals surface area contributed by atoms with Gasteiger partial charge in [-0.15, -0.1) is 0 Å². The van der Waals surface area contributed by atoms with E-state index in [-0.39, 0.29) is 11.0 Å². The fourth-order valence-electron chi connectivity index (χ4n) is 2.80. The largest absolute Gasteiger partial charge is 0.494 e. The number of amides is 1. The molecule has 3 aromatic carbocycles. The van der Waals surface area contributed by atoms with Gasteiger partial charge in [0.05, 0.1) is 6.61 Å². The Bertz CT molecular complexity index is 1050. The molecule has 3 aromatic rings. The van der Waals surface area contributed by atoms with Gasteiger partial charge >= 0.3 is 0 Å². The minimum Gasteiger partial charge on any atom is -0.494 e. The Labute approximate surface area is 199 Å². The minimum atomic E-state index is -0.320. The topological polar surface area (TPSA) is 68.8 Å². The minimum absolute atomic E-state index is 0.210. The second-order valence-corrected chi connectivity index (χ2v) is 7.22.